The number of hydrogen-bond donors (Lipinski definition) is 0. The summed E-state index contributed by atoms with van der Waals surface area (Å²) in [7, 11) is 0. The summed E-state index contributed by atoms with van der Waals surface area (Å²) >= 11 is 0. The molecule has 0 saturated carbocycles. The van der Waals surface area contributed by atoms with Crippen LogP contribution in [0.5, 0.6) is 0 Å². The number of anilines is 6. The first-order chi connectivity index (χ1) is 39.6. The maximum absolute atomic E-state index is 6.40. The topological polar surface area (TPSA) is 32.8 Å². The normalized spacial score (nSPS) is 11.8. The van der Waals surface area contributed by atoms with Gasteiger partial charge in [0.05, 0.1) is 22.7 Å². The lowest BCUT2D eigenvalue weighted by Crippen LogP contribution is -2.14. The molecule has 0 saturated heterocycles. The maximum Gasteiger partial charge on any atom is 0.135 e. The van der Waals surface area contributed by atoms with Crippen molar-refractivity contribution in [2.75, 3.05) is 9.80 Å². The van der Waals surface area contributed by atoms with Crippen molar-refractivity contribution >= 4 is 121 Å². The molecule has 374 valence electrons. The summed E-state index contributed by atoms with van der Waals surface area (Å²) in [6, 6.07) is 106. The monoisotopic (exact) mass is 1020 g/mol. The first-order valence-electron chi connectivity index (χ1n) is 27.3. The second-order valence-electron chi connectivity index (χ2n) is 20.8. The lowest BCUT2D eigenvalue weighted by Gasteiger charge is -2.32. The molecule has 14 aromatic carbocycles. The molecule has 0 bridgehead atoms. The van der Waals surface area contributed by atoms with E-state index >= 15 is 0 Å². The molecule has 2 aromatic heterocycles. The van der Waals surface area contributed by atoms with Gasteiger partial charge >= 0.3 is 0 Å². The Labute approximate surface area is 461 Å². The third kappa shape index (κ3) is 7.60. The zero-order chi connectivity index (χ0) is 52.7. The van der Waals surface area contributed by atoms with Crippen LogP contribution in [0.1, 0.15) is 0 Å². The highest BCUT2D eigenvalue weighted by Gasteiger charge is 2.25. The summed E-state index contributed by atoms with van der Waals surface area (Å²) < 4.78 is 12.8. The quantitative estimate of drug-likeness (QED) is 0.144. The highest BCUT2D eigenvalue weighted by Crippen LogP contribution is 2.49. The minimum absolute atomic E-state index is 0.866. The van der Waals surface area contributed by atoms with E-state index in [0.717, 1.165) is 133 Å². The standard InChI is InChI=1S/C76H48N2O2/c1-5-25-61-49(17-1)21-13-31-69(61)77(70-32-14-22-50-18-2-6-26-62(50)70)59-44-58(45-60(48-59)78(71-33-15-23-51-19-3-7-27-63(51)71)72-34-16-24-52-20-4-8-28-64(52)72)57-42-55(53-37-39-75-67(46-53)65-29-9-11-35-73(65)79-75)41-56(43-57)54-38-40-76-68(47-54)66-30-10-12-36-74(66)80-76/h1-48H. The fourth-order valence-electron chi connectivity index (χ4n) is 12.4. The Kier molecular flexibility index (Phi) is 10.5. The molecule has 0 aliphatic carbocycles. The molecular formula is C76H48N2O2. The highest BCUT2D eigenvalue weighted by atomic mass is 16.3. The highest BCUT2D eigenvalue weighted by molar-refractivity contribution is 6.11. The van der Waals surface area contributed by atoms with E-state index in [2.05, 4.69) is 277 Å². The van der Waals surface area contributed by atoms with Gasteiger partial charge in [0.1, 0.15) is 22.3 Å². The van der Waals surface area contributed by atoms with Gasteiger partial charge < -0.3 is 18.6 Å². The van der Waals surface area contributed by atoms with Crippen LogP contribution in [0.15, 0.2) is 300 Å². The molecule has 0 amide bonds. The molecule has 16 aromatic rings. The zero-order valence-electron chi connectivity index (χ0n) is 43.4. The van der Waals surface area contributed by atoms with E-state index in [1.807, 2.05) is 24.3 Å². The van der Waals surface area contributed by atoms with Gasteiger partial charge in [-0.15, -0.1) is 0 Å². The predicted molar refractivity (Wildman–Crippen MR) is 337 cm³/mol. The van der Waals surface area contributed by atoms with Crippen LogP contribution >= 0.6 is 0 Å². The van der Waals surface area contributed by atoms with Crippen molar-refractivity contribution in [2.24, 2.45) is 0 Å². The molecule has 16 rings (SSSR count). The van der Waals surface area contributed by atoms with Crippen LogP contribution < -0.4 is 9.80 Å². The number of hydrogen-bond acceptors (Lipinski definition) is 4. The van der Waals surface area contributed by atoms with Crippen LogP contribution in [0.25, 0.3) is 120 Å². The van der Waals surface area contributed by atoms with Crippen LogP contribution in [0.3, 0.4) is 0 Å². The van der Waals surface area contributed by atoms with Gasteiger partial charge in [0.25, 0.3) is 0 Å². The van der Waals surface area contributed by atoms with Gasteiger partial charge in [-0.2, -0.15) is 0 Å². The Morgan fingerprint density at radius 2 is 0.475 bits per heavy atom. The average Bonchev–Trinajstić information content (AvgIpc) is 4.19. The van der Waals surface area contributed by atoms with Crippen molar-refractivity contribution in [2.45, 2.75) is 0 Å². The molecule has 0 radical (unpaired) electrons. The molecular weight excluding hydrogens is 973 g/mol. The number of para-hydroxylation sites is 2. The summed E-state index contributed by atoms with van der Waals surface area (Å²) in [6.45, 7) is 0. The lowest BCUT2D eigenvalue weighted by molar-refractivity contribution is 0.668. The summed E-state index contributed by atoms with van der Waals surface area (Å²) in [6.07, 6.45) is 0. The van der Waals surface area contributed by atoms with E-state index in [4.69, 9.17) is 8.83 Å². The number of furan rings is 2. The Balaban J connectivity index is 1.02. The van der Waals surface area contributed by atoms with Gasteiger partial charge in [-0.05, 0) is 152 Å². The van der Waals surface area contributed by atoms with Crippen molar-refractivity contribution < 1.29 is 8.83 Å². The summed E-state index contributed by atoms with van der Waals surface area (Å²) in [5, 5.41) is 13.7. The van der Waals surface area contributed by atoms with Crippen LogP contribution in [0.4, 0.5) is 34.1 Å². The molecule has 0 aliphatic rings. The SMILES string of the molecule is c1ccc2c(N(c3cc(-c4cc(-c5ccc6oc7ccccc7c6c5)cc(-c5ccc6oc7ccccc7c6c5)c4)cc(N(c4cccc5ccccc45)c4cccc5ccccc45)c3)c3cccc4ccccc34)cccc2c1. The van der Waals surface area contributed by atoms with E-state index in [9.17, 15) is 0 Å². The molecule has 0 aliphatic heterocycles. The van der Waals surface area contributed by atoms with E-state index < -0.39 is 0 Å². The number of fused-ring (bicyclic) bond motifs is 10. The molecule has 0 unspecified atom stereocenters. The van der Waals surface area contributed by atoms with Gasteiger partial charge in [-0.1, -0.05) is 194 Å². The molecule has 0 spiro atoms. The molecule has 4 heteroatoms. The van der Waals surface area contributed by atoms with Gasteiger partial charge in [-0.3, -0.25) is 0 Å². The summed E-state index contributed by atoms with van der Waals surface area (Å²) in [5.41, 5.74) is 16.4. The van der Waals surface area contributed by atoms with E-state index in [1.54, 1.807) is 0 Å². The minimum atomic E-state index is 0.866. The smallest absolute Gasteiger partial charge is 0.135 e. The van der Waals surface area contributed by atoms with Crippen molar-refractivity contribution in [1.29, 1.82) is 0 Å². The van der Waals surface area contributed by atoms with E-state index in [1.165, 1.54) is 21.5 Å². The third-order valence-electron chi connectivity index (χ3n) is 16.1. The largest absolute Gasteiger partial charge is 0.456 e. The molecule has 4 nitrogen and oxygen atoms in total. The fourth-order valence-corrected chi connectivity index (χ4v) is 12.4. The predicted octanol–water partition coefficient (Wildman–Crippen LogP) is 22.0. The van der Waals surface area contributed by atoms with E-state index in [-0.39, 0.29) is 0 Å². The molecule has 80 heavy (non-hydrogen) atoms. The zero-order valence-corrected chi connectivity index (χ0v) is 43.4. The van der Waals surface area contributed by atoms with Gasteiger partial charge in [-0.25, -0.2) is 0 Å². The van der Waals surface area contributed by atoms with Crippen LogP contribution in [-0.2, 0) is 0 Å². The second kappa shape index (κ2) is 18.5. The van der Waals surface area contributed by atoms with Crippen LogP contribution in [0, 0.1) is 0 Å². The van der Waals surface area contributed by atoms with Gasteiger partial charge in [0.15, 0.2) is 0 Å². The Morgan fingerprint density at radius 3 is 0.850 bits per heavy atom. The number of rotatable bonds is 9. The Hall–Kier alpha value is -10.7. The average molecular weight is 1020 g/mol. The van der Waals surface area contributed by atoms with Crippen LogP contribution in [0.2, 0.25) is 0 Å². The Morgan fingerprint density at radius 1 is 0.188 bits per heavy atom. The van der Waals surface area contributed by atoms with Gasteiger partial charge in [0.2, 0.25) is 0 Å². The molecule has 0 N–H and O–H groups in total. The van der Waals surface area contributed by atoms with Gasteiger partial charge in [0, 0.05) is 54.5 Å². The molecule has 0 fully saturated rings. The van der Waals surface area contributed by atoms with Crippen molar-refractivity contribution in [3.63, 3.8) is 0 Å². The first-order valence-corrected chi connectivity index (χ1v) is 27.3. The third-order valence-corrected chi connectivity index (χ3v) is 16.1. The number of nitrogens with zero attached hydrogens (tertiary/aromatic N) is 2. The lowest BCUT2D eigenvalue weighted by atomic mass is 9.91. The first kappa shape index (κ1) is 45.5. The Bertz CT molecular complexity index is 4630. The molecule has 2 heterocycles. The van der Waals surface area contributed by atoms with Crippen molar-refractivity contribution in [3.8, 4) is 33.4 Å². The van der Waals surface area contributed by atoms with Crippen LogP contribution in [-0.4, -0.2) is 0 Å². The van der Waals surface area contributed by atoms with Crippen molar-refractivity contribution in [1.82, 2.24) is 0 Å². The summed E-state index contributed by atoms with van der Waals surface area (Å²) in [5.74, 6) is 0. The maximum atomic E-state index is 6.40. The van der Waals surface area contributed by atoms with E-state index in [0.29, 0.717) is 0 Å². The summed E-state index contributed by atoms with van der Waals surface area (Å²) in [4.78, 5) is 4.98. The fraction of sp³-hybridized carbons (Fsp3) is 0. The van der Waals surface area contributed by atoms with Crippen molar-refractivity contribution in [3.05, 3.63) is 291 Å². The molecule has 0 atom stereocenters. The number of benzene rings is 14. The second-order valence-corrected chi connectivity index (χ2v) is 20.8. The minimum Gasteiger partial charge on any atom is -0.456 e.